The van der Waals surface area contributed by atoms with Crippen LogP contribution >= 0.6 is 0 Å². The molecule has 0 aliphatic heterocycles. The summed E-state index contributed by atoms with van der Waals surface area (Å²) >= 11 is 0. The number of amides is 1. The molecule has 8 nitrogen and oxygen atoms in total. The zero-order chi connectivity index (χ0) is 20.0. The number of ether oxygens (including phenoxy) is 1. The molecular weight excluding hydrogens is 359 g/mol. The number of halogens is 1. The highest BCUT2D eigenvalue weighted by atomic mass is 19.1. The lowest BCUT2D eigenvalue weighted by Crippen LogP contribution is -2.43. The summed E-state index contributed by atoms with van der Waals surface area (Å²) in [4.78, 5) is 34.0. The molecule has 0 bridgehead atoms. The number of carbonyl (C=O) groups is 2. The fourth-order valence-electron chi connectivity index (χ4n) is 2.49. The molecule has 0 saturated carbocycles. The van der Waals surface area contributed by atoms with Gasteiger partial charge in [-0.3, -0.25) is 14.9 Å². The Morgan fingerprint density at radius 1 is 1.26 bits per heavy atom. The molecule has 0 aliphatic rings. The first-order valence-electron chi connectivity index (χ1n) is 7.88. The molecule has 0 heterocycles. The number of non-ortho nitro benzene ring substituents is 1. The van der Waals surface area contributed by atoms with Crippen LogP contribution in [0.4, 0.5) is 10.1 Å². The van der Waals surface area contributed by atoms with Gasteiger partial charge in [0, 0.05) is 24.1 Å². The molecule has 1 amide bonds. The Hall–Kier alpha value is -3.49. The maximum Gasteiger partial charge on any atom is 0.326 e. The van der Waals surface area contributed by atoms with Crippen LogP contribution in [0.5, 0.6) is 5.75 Å². The number of aliphatic carboxylic acids is 1. The van der Waals surface area contributed by atoms with Crippen LogP contribution in [0, 0.1) is 15.9 Å². The summed E-state index contributed by atoms with van der Waals surface area (Å²) in [5, 5.41) is 22.7. The quantitative estimate of drug-likeness (QED) is 0.538. The summed E-state index contributed by atoms with van der Waals surface area (Å²) < 4.78 is 18.0. The van der Waals surface area contributed by atoms with Gasteiger partial charge in [-0.25, -0.2) is 9.18 Å². The molecule has 0 aliphatic carbocycles. The lowest BCUT2D eigenvalue weighted by Gasteiger charge is -2.16. The van der Waals surface area contributed by atoms with Gasteiger partial charge in [-0.05, 0) is 23.8 Å². The van der Waals surface area contributed by atoms with Crippen molar-refractivity contribution in [2.24, 2.45) is 0 Å². The fraction of sp³-hybridized carbons (Fsp3) is 0.222. The second-order valence-corrected chi connectivity index (χ2v) is 5.72. The number of nitro groups is 1. The second kappa shape index (κ2) is 8.75. The third kappa shape index (κ3) is 5.50. The van der Waals surface area contributed by atoms with Crippen LogP contribution in [0.3, 0.4) is 0 Å². The van der Waals surface area contributed by atoms with Gasteiger partial charge in [-0.2, -0.15) is 0 Å². The third-order valence-electron chi connectivity index (χ3n) is 3.81. The summed E-state index contributed by atoms with van der Waals surface area (Å²) in [5.41, 5.74) is 0.583. The van der Waals surface area contributed by atoms with E-state index in [1.165, 1.54) is 49.6 Å². The number of methoxy groups -OCH3 is 1. The largest absolute Gasteiger partial charge is 0.496 e. The summed E-state index contributed by atoms with van der Waals surface area (Å²) in [7, 11) is 1.35. The first kappa shape index (κ1) is 19.8. The number of nitro benzene ring substituents is 1. The molecule has 2 aromatic carbocycles. The lowest BCUT2D eigenvalue weighted by molar-refractivity contribution is -0.384. The SMILES string of the molecule is COc1ccc([N+](=O)[O-])cc1C[C@H](NC(=O)Cc1ccc(F)cc1)C(=O)O. The maximum absolute atomic E-state index is 12.9. The summed E-state index contributed by atoms with van der Waals surface area (Å²) in [6.07, 6.45) is -0.328. The Morgan fingerprint density at radius 2 is 1.93 bits per heavy atom. The number of nitrogens with zero attached hydrogens (tertiary/aromatic N) is 1. The van der Waals surface area contributed by atoms with E-state index in [9.17, 15) is 29.2 Å². The molecule has 0 unspecified atom stereocenters. The molecule has 0 spiro atoms. The summed E-state index contributed by atoms with van der Waals surface area (Å²) in [5.74, 6) is -2.03. The predicted molar refractivity (Wildman–Crippen MR) is 93.0 cm³/mol. The first-order valence-corrected chi connectivity index (χ1v) is 7.88. The molecule has 2 aromatic rings. The van der Waals surface area contributed by atoms with Crippen LogP contribution in [0.1, 0.15) is 11.1 Å². The van der Waals surface area contributed by atoms with E-state index in [0.29, 0.717) is 5.56 Å². The lowest BCUT2D eigenvalue weighted by atomic mass is 10.0. The van der Waals surface area contributed by atoms with Gasteiger partial charge >= 0.3 is 5.97 Å². The number of hydrogen-bond donors (Lipinski definition) is 2. The fourth-order valence-corrected chi connectivity index (χ4v) is 2.49. The van der Waals surface area contributed by atoms with Crippen LogP contribution in [-0.4, -0.2) is 35.1 Å². The number of carboxylic acid groups (broad SMARTS) is 1. The average molecular weight is 376 g/mol. The molecule has 0 radical (unpaired) electrons. The number of hydrogen-bond acceptors (Lipinski definition) is 5. The van der Waals surface area contributed by atoms with Crippen molar-refractivity contribution >= 4 is 17.6 Å². The highest BCUT2D eigenvalue weighted by Gasteiger charge is 2.23. The molecule has 0 saturated heterocycles. The highest BCUT2D eigenvalue weighted by Crippen LogP contribution is 2.25. The maximum atomic E-state index is 12.9. The van der Waals surface area contributed by atoms with Gasteiger partial charge in [-0.1, -0.05) is 12.1 Å². The molecular formula is C18H17FN2O6. The van der Waals surface area contributed by atoms with E-state index < -0.39 is 28.7 Å². The molecule has 0 fully saturated rings. The van der Waals surface area contributed by atoms with E-state index in [0.717, 1.165) is 0 Å². The molecule has 142 valence electrons. The third-order valence-corrected chi connectivity index (χ3v) is 3.81. The predicted octanol–water partition coefficient (Wildman–Crippen LogP) is 2.10. The minimum absolute atomic E-state index is 0.129. The standard InChI is InChI=1S/C18H17FN2O6/c1-27-16-7-6-14(21(25)26)9-12(16)10-15(18(23)24)20-17(22)8-11-2-4-13(19)5-3-11/h2-7,9,15H,8,10H2,1H3,(H,20,22)(H,23,24)/t15-/m0/s1. The summed E-state index contributed by atoms with van der Waals surface area (Å²) in [6, 6.07) is 7.76. The Kier molecular flexibility index (Phi) is 6.42. The molecule has 2 rings (SSSR count). The smallest absolute Gasteiger partial charge is 0.326 e. The second-order valence-electron chi connectivity index (χ2n) is 5.72. The molecule has 0 aromatic heterocycles. The number of carboxylic acids is 1. The molecule has 27 heavy (non-hydrogen) atoms. The molecule has 1 atom stereocenters. The van der Waals surface area contributed by atoms with Gasteiger partial charge < -0.3 is 15.2 Å². The number of nitrogens with one attached hydrogen (secondary N) is 1. The highest BCUT2D eigenvalue weighted by molar-refractivity contribution is 5.85. The minimum atomic E-state index is -1.31. The molecule has 9 heteroatoms. The van der Waals surface area contributed by atoms with E-state index in [2.05, 4.69) is 5.32 Å². The Balaban J connectivity index is 2.14. The number of rotatable bonds is 8. The Morgan fingerprint density at radius 3 is 2.48 bits per heavy atom. The van der Waals surface area contributed by atoms with Crippen LogP contribution in [-0.2, 0) is 22.4 Å². The van der Waals surface area contributed by atoms with Gasteiger partial charge in [0.25, 0.3) is 5.69 Å². The van der Waals surface area contributed by atoms with E-state index in [4.69, 9.17) is 4.74 Å². The monoisotopic (exact) mass is 376 g/mol. The van der Waals surface area contributed by atoms with Crippen LogP contribution in [0.25, 0.3) is 0 Å². The van der Waals surface area contributed by atoms with Crippen molar-refractivity contribution in [1.29, 1.82) is 0 Å². The zero-order valence-electron chi connectivity index (χ0n) is 14.3. The average Bonchev–Trinajstić information content (AvgIpc) is 2.62. The van der Waals surface area contributed by atoms with Crippen molar-refractivity contribution in [2.75, 3.05) is 7.11 Å². The van der Waals surface area contributed by atoms with E-state index in [1.54, 1.807) is 0 Å². The van der Waals surface area contributed by atoms with Gasteiger partial charge in [0.15, 0.2) is 0 Å². The minimum Gasteiger partial charge on any atom is -0.496 e. The van der Waals surface area contributed by atoms with Gasteiger partial charge in [-0.15, -0.1) is 0 Å². The van der Waals surface area contributed by atoms with Gasteiger partial charge in [0.05, 0.1) is 18.5 Å². The van der Waals surface area contributed by atoms with Crippen LogP contribution < -0.4 is 10.1 Å². The first-order chi connectivity index (χ1) is 12.8. The van der Waals surface area contributed by atoms with Crippen molar-refractivity contribution in [3.63, 3.8) is 0 Å². The van der Waals surface area contributed by atoms with Crippen LogP contribution in [0.15, 0.2) is 42.5 Å². The van der Waals surface area contributed by atoms with Crippen molar-refractivity contribution in [3.05, 3.63) is 69.5 Å². The normalized spacial score (nSPS) is 11.5. The van der Waals surface area contributed by atoms with E-state index in [-0.39, 0.29) is 29.8 Å². The topological polar surface area (TPSA) is 119 Å². The van der Waals surface area contributed by atoms with E-state index >= 15 is 0 Å². The Bertz CT molecular complexity index is 853. The van der Waals surface area contributed by atoms with Crippen LogP contribution in [0.2, 0.25) is 0 Å². The number of carbonyl (C=O) groups excluding carboxylic acids is 1. The van der Waals surface area contributed by atoms with Gasteiger partial charge in [0.1, 0.15) is 17.6 Å². The summed E-state index contributed by atoms with van der Waals surface area (Å²) in [6.45, 7) is 0. The van der Waals surface area contributed by atoms with Crippen molar-refractivity contribution in [3.8, 4) is 5.75 Å². The van der Waals surface area contributed by atoms with Crippen molar-refractivity contribution in [1.82, 2.24) is 5.32 Å². The van der Waals surface area contributed by atoms with E-state index in [1.807, 2.05) is 0 Å². The number of benzene rings is 2. The van der Waals surface area contributed by atoms with Gasteiger partial charge in [0.2, 0.25) is 5.91 Å². The van der Waals surface area contributed by atoms with Crippen molar-refractivity contribution < 1.29 is 28.7 Å². The van der Waals surface area contributed by atoms with Crippen molar-refractivity contribution in [2.45, 2.75) is 18.9 Å². The zero-order valence-corrected chi connectivity index (χ0v) is 14.3. The molecule has 2 N–H and O–H groups in total. The Labute approximate surface area is 153 Å².